The Morgan fingerprint density at radius 2 is 1.94 bits per heavy atom. The highest BCUT2D eigenvalue weighted by Gasteiger charge is 2.23. The van der Waals surface area contributed by atoms with Crippen molar-refractivity contribution in [1.29, 1.82) is 0 Å². The summed E-state index contributed by atoms with van der Waals surface area (Å²) in [5, 5.41) is 15.5. The second-order valence-corrected chi connectivity index (χ2v) is 9.81. The van der Waals surface area contributed by atoms with Crippen LogP contribution in [-0.4, -0.2) is 45.9 Å². The number of aromatic nitrogens is 2. The highest BCUT2D eigenvalue weighted by molar-refractivity contribution is 8.01. The number of rotatable bonds is 9. The Morgan fingerprint density at radius 1 is 1.13 bits per heavy atom. The Labute approximate surface area is 191 Å². The third kappa shape index (κ3) is 6.53. The molecule has 1 aromatic heterocycles. The van der Waals surface area contributed by atoms with Gasteiger partial charge in [0.2, 0.25) is 11.0 Å². The molecule has 1 aliphatic heterocycles. The lowest BCUT2D eigenvalue weighted by Crippen LogP contribution is -2.37. The van der Waals surface area contributed by atoms with Crippen molar-refractivity contribution in [3.63, 3.8) is 0 Å². The highest BCUT2D eigenvalue weighted by Crippen LogP contribution is 2.27. The van der Waals surface area contributed by atoms with Crippen molar-refractivity contribution >= 4 is 39.8 Å². The van der Waals surface area contributed by atoms with E-state index in [1.807, 2.05) is 18.2 Å². The van der Waals surface area contributed by atoms with E-state index in [0.29, 0.717) is 5.75 Å². The molecule has 0 aliphatic carbocycles. The van der Waals surface area contributed by atoms with Gasteiger partial charge in [0.05, 0.1) is 5.75 Å². The lowest BCUT2D eigenvalue weighted by atomic mass is 10.1. The average Bonchev–Trinajstić information content (AvgIpc) is 3.43. The smallest absolute Gasteiger partial charge is 0.230 e. The number of amides is 1. The molecule has 0 radical (unpaired) electrons. The summed E-state index contributed by atoms with van der Waals surface area (Å²) < 4.78 is 0.792. The van der Waals surface area contributed by atoms with Crippen LogP contribution in [-0.2, 0) is 17.8 Å². The fourth-order valence-corrected chi connectivity index (χ4v) is 5.18. The number of carbonyl (C=O) groups excluding carboxylic acids is 1. The molecular formula is C23H27N5OS2. The summed E-state index contributed by atoms with van der Waals surface area (Å²) in [6.45, 7) is 4.98. The number of nitrogens with one attached hydrogen (secondary N) is 2. The Morgan fingerprint density at radius 3 is 2.71 bits per heavy atom. The molecular weight excluding hydrogens is 426 g/mol. The third-order valence-corrected chi connectivity index (χ3v) is 7.21. The number of hydrogen-bond donors (Lipinski definition) is 2. The highest BCUT2D eigenvalue weighted by atomic mass is 32.2. The lowest BCUT2D eigenvalue weighted by molar-refractivity contribution is -0.119. The van der Waals surface area contributed by atoms with Gasteiger partial charge in [-0.05, 0) is 36.1 Å². The molecule has 31 heavy (non-hydrogen) atoms. The molecule has 6 nitrogen and oxygen atoms in total. The first-order valence-electron chi connectivity index (χ1n) is 10.6. The molecule has 1 saturated heterocycles. The quantitative estimate of drug-likeness (QED) is 0.470. The number of nitrogens with zero attached hydrogens (tertiary/aromatic N) is 3. The number of aryl methyl sites for hydroxylation is 1. The van der Waals surface area contributed by atoms with Crippen LogP contribution in [0.4, 0.5) is 10.8 Å². The molecule has 8 heteroatoms. The first-order chi connectivity index (χ1) is 15.2. The Bertz CT molecular complexity index is 977. The van der Waals surface area contributed by atoms with Crippen molar-refractivity contribution < 1.29 is 4.79 Å². The summed E-state index contributed by atoms with van der Waals surface area (Å²) in [6.07, 6.45) is 2.01. The largest absolute Gasteiger partial charge is 0.351 e. The summed E-state index contributed by atoms with van der Waals surface area (Å²) in [6, 6.07) is 19.0. The van der Waals surface area contributed by atoms with Gasteiger partial charge in [0.25, 0.3) is 0 Å². The number of benzene rings is 2. The van der Waals surface area contributed by atoms with Crippen molar-refractivity contribution in [3.8, 4) is 0 Å². The molecule has 162 valence electrons. The van der Waals surface area contributed by atoms with Crippen molar-refractivity contribution in [2.24, 2.45) is 0 Å². The first kappa shape index (κ1) is 21.8. The molecule has 1 fully saturated rings. The van der Waals surface area contributed by atoms with Gasteiger partial charge in [-0.1, -0.05) is 72.5 Å². The molecule has 0 bridgehead atoms. The van der Waals surface area contributed by atoms with E-state index in [4.69, 9.17) is 0 Å². The molecule has 2 aromatic carbocycles. The maximum Gasteiger partial charge on any atom is 0.230 e. The molecule has 3 aromatic rings. The third-order valence-electron chi connectivity index (χ3n) is 5.23. The summed E-state index contributed by atoms with van der Waals surface area (Å²) in [4.78, 5) is 14.8. The van der Waals surface area contributed by atoms with E-state index in [2.05, 4.69) is 69.1 Å². The maximum absolute atomic E-state index is 12.4. The fraction of sp³-hybridized carbons (Fsp3) is 0.348. The van der Waals surface area contributed by atoms with Crippen LogP contribution in [0, 0.1) is 0 Å². The number of carbonyl (C=O) groups is 1. The zero-order valence-corrected chi connectivity index (χ0v) is 19.2. The number of hydrogen-bond acceptors (Lipinski definition) is 7. The molecule has 0 saturated carbocycles. The molecule has 1 amide bonds. The topological polar surface area (TPSA) is 70.1 Å². The predicted molar refractivity (Wildman–Crippen MR) is 128 cm³/mol. The molecule has 0 spiro atoms. The monoisotopic (exact) mass is 453 g/mol. The van der Waals surface area contributed by atoms with E-state index in [1.54, 1.807) is 0 Å². The standard InChI is InChI=1S/C23H27N5OS2/c1-2-17-8-10-19(11-9-17)25-22-26-27-23(31-22)30-16-21(29)24-20-12-13-28(15-20)14-18-6-4-3-5-7-18/h3-11,20H,2,12-16H2,1H3,(H,24,29)(H,25,26)/t20-/m0/s1. The van der Waals surface area contributed by atoms with Gasteiger partial charge in [-0.3, -0.25) is 9.69 Å². The zero-order valence-electron chi connectivity index (χ0n) is 17.6. The Kier molecular flexibility index (Phi) is 7.56. The van der Waals surface area contributed by atoms with E-state index < -0.39 is 0 Å². The van der Waals surface area contributed by atoms with Gasteiger partial charge in [-0.15, -0.1) is 10.2 Å². The maximum atomic E-state index is 12.4. The number of likely N-dealkylation sites (tertiary alicyclic amines) is 1. The predicted octanol–water partition coefficient (Wildman–Crippen LogP) is 4.33. The zero-order chi connectivity index (χ0) is 21.5. The summed E-state index contributed by atoms with van der Waals surface area (Å²) in [7, 11) is 0. The van der Waals surface area contributed by atoms with Crippen LogP contribution >= 0.6 is 23.1 Å². The van der Waals surface area contributed by atoms with Gasteiger partial charge in [0.15, 0.2) is 4.34 Å². The lowest BCUT2D eigenvalue weighted by Gasteiger charge is -2.16. The minimum atomic E-state index is 0.0522. The second-order valence-electron chi connectivity index (χ2n) is 7.61. The molecule has 1 atom stereocenters. The van der Waals surface area contributed by atoms with Crippen LogP contribution in [0.1, 0.15) is 24.5 Å². The van der Waals surface area contributed by atoms with Gasteiger partial charge in [0.1, 0.15) is 0 Å². The van der Waals surface area contributed by atoms with Crippen LogP contribution in [0.2, 0.25) is 0 Å². The fourth-order valence-electron chi connectivity index (χ4n) is 3.60. The van der Waals surface area contributed by atoms with Gasteiger partial charge in [0, 0.05) is 31.4 Å². The molecule has 2 N–H and O–H groups in total. The van der Waals surface area contributed by atoms with Gasteiger partial charge < -0.3 is 10.6 Å². The Hall–Kier alpha value is -2.42. The van der Waals surface area contributed by atoms with Crippen molar-refractivity contribution in [3.05, 3.63) is 65.7 Å². The summed E-state index contributed by atoms with van der Waals surface area (Å²) in [5.41, 5.74) is 3.60. The minimum Gasteiger partial charge on any atom is -0.351 e. The number of anilines is 2. The van der Waals surface area contributed by atoms with E-state index in [0.717, 1.165) is 47.6 Å². The average molecular weight is 454 g/mol. The summed E-state index contributed by atoms with van der Waals surface area (Å²) in [5.74, 6) is 0.408. The van der Waals surface area contributed by atoms with Crippen molar-refractivity contribution in [2.75, 3.05) is 24.2 Å². The normalized spacial score (nSPS) is 16.4. The molecule has 4 rings (SSSR count). The van der Waals surface area contributed by atoms with E-state index in [-0.39, 0.29) is 11.9 Å². The molecule has 0 unspecified atom stereocenters. The van der Waals surface area contributed by atoms with Crippen molar-refractivity contribution in [1.82, 2.24) is 20.4 Å². The number of thioether (sulfide) groups is 1. The first-order valence-corrected chi connectivity index (χ1v) is 12.4. The van der Waals surface area contributed by atoms with E-state index in [1.165, 1.54) is 34.2 Å². The van der Waals surface area contributed by atoms with Crippen molar-refractivity contribution in [2.45, 2.75) is 36.7 Å². The van der Waals surface area contributed by atoms with E-state index >= 15 is 0 Å². The van der Waals surface area contributed by atoms with Crippen LogP contribution in [0.25, 0.3) is 0 Å². The van der Waals surface area contributed by atoms with Gasteiger partial charge in [-0.2, -0.15) is 0 Å². The van der Waals surface area contributed by atoms with Crippen LogP contribution < -0.4 is 10.6 Å². The minimum absolute atomic E-state index is 0.0522. The van der Waals surface area contributed by atoms with Crippen LogP contribution in [0.3, 0.4) is 0 Å². The second kappa shape index (κ2) is 10.7. The van der Waals surface area contributed by atoms with E-state index in [9.17, 15) is 4.79 Å². The van der Waals surface area contributed by atoms with Gasteiger partial charge in [-0.25, -0.2) is 0 Å². The van der Waals surface area contributed by atoms with Gasteiger partial charge >= 0.3 is 0 Å². The Balaban J connectivity index is 1.19. The molecule has 1 aliphatic rings. The SMILES string of the molecule is CCc1ccc(Nc2nnc(SCC(=O)N[C@H]3CCN(Cc4ccccc4)C3)s2)cc1. The van der Waals surface area contributed by atoms with Crippen LogP contribution in [0.5, 0.6) is 0 Å². The van der Waals surface area contributed by atoms with Crippen LogP contribution in [0.15, 0.2) is 58.9 Å². The molecule has 2 heterocycles. The summed E-state index contributed by atoms with van der Waals surface area (Å²) >= 11 is 2.90.